The van der Waals surface area contributed by atoms with E-state index in [2.05, 4.69) is 18.8 Å². The van der Waals surface area contributed by atoms with Crippen LogP contribution in [0.5, 0.6) is 0 Å². The average Bonchev–Trinajstić information content (AvgIpc) is 2.62. The third kappa shape index (κ3) is 1.80. The van der Waals surface area contributed by atoms with Crippen LogP contribution in [0.3, 0.4) is 0 Å². The zero-order chi connectivity index (χ0) is 11.7. The van der Waals surface area contributed by atoms with Crippen LogP contribution in [0, 0.1) is 5.92 Å². The van der Waals surface area contributed by atoms with Crippen LogP contribution in [0.2, 0.25) is 0 Å². The lowest BCUT2D eigenvalue weighted by molar-refractivity contribution is 0.177. The van der Waals surface area contributed by atoms with Crippen molar-refractivity contribution < 1.29 is 9.53 Å². The summed E-state index contributed by atoms with van der Waals surface area (Å²) in [6.45, 7) is 4.52. The predicted octanol–water partition coefficient (Wildman–Crippen LogP) is 1.64. The van der Waals surface area contributed by atoms with E-state index in [4.69, 9.17) is 10.5 Å². The monoisotopic (exact) mass is 221 g/mol. The van der Waals surface area contributed by atoms with Crippen LogP contribution in [-0.2, 0) is 4.74 Å². The first kappa shape index (κ1) is 10.7. The van der Waals surface area contributed by atoms with Crippen LogP contribution in [0.1, 0.15) is 13.8 Å². The summed E-state index contributed by atoms with van der Waals surface area (Å²) in [5.41, 5.74) is 6.14. The van der Waals surface area contributed by atoms with Crippen LogP contribution < -0.4 is 10.6 Å². The molecule has 1 aromatic heterocycles. The lowest BCUT2D eigenvalue weighted by Gasteiger charge is -2.23. The highest BCUT2D eigenvalue weighted by atomic mass is 16.6. The first-order valence-corrected chi connectivity index (χ1v) is 5.27. The molecule has 0 aromatic carbocycles. The van der Waals surface area contributed by atoms with Gasteiger partial charge in [-0.05, 0) is 18.1 Å². The van der Waals surface area contributed by atoms with Gasteiger partial charge in [0.25, 0.3) is 0 Å². The Kier molecular flexibility index (Phi) is 2.68. The number of aromatic nitrogens is 1. The van der Waals surface area contributed by atoms with Gasteiger partial charge in [0.05, 0.1) is 17.9 Å². The Morgan fingerprint density at radius 3 is 2.88 bits per heavy atom. The highest BCUT2D eigenvalue weighted by Gasteiger charge is 2.36. The summed E-state index contributed by atoms with van der Waals surface area (Å²) in [6.07, 6.45) is 1.20. The van der Waals surface area contributed by atoms with Crippen molar-refractivity contribution in [3.8, 4) is 0 Å². The molecule has 0 saturated carbocycles. The second-order valence-corrected chi connectivity index (χ2v) is 4.21. The normalized spacial score (nSPS) is 20.3. The van der Waals surface area contributed by atoms with Gasteiger partial charge in [-0.15, -0.1) is 0 Å². The van der Waals surface area contributed by atoms with Gasteiger partial charge >= 0.3 is 6.09 Å². The van der Waals surface area contributed by atoms with Crippen molar-refractivity contribution in [3.05, 3.63) is 18.3 Å². The maximum atomic E-state index is 11.6. The van der Waals surface area contributed by atoms with E-state index >= 15 is 0 Å². The van der Waals surface area contributed by atoms with Gasteiger partial charge in [-0.25, -0.2) is 9.78 Å². The topological polar surface area (TPSA) is 68.5 Å². The number of nitrogens with two attached hydrogens (primary N) is 1. The summed E-state index contributed by atoms with van der Waals surface area (Å²) in [5, 5.41) is 0. The molecule has 0 unspecified atom stereocenters. The Morgan fingerprint density at radius 1 is 1.56 bits per heavy atom. The molecule has 1 aliphatic rings. The molecule has 0 aliphatic carbocycles. The third-order valence-corrected chi connectivity index (χ3v) is 2.69. The minimum absolute atomic E-state index is 0.0450. The lowest BCUT2D eigenvalue weighted by atomic mass is 10.0. The van der Waals surface area contributed by atoms with Gasteiger partial charge in [-0.2, -0.15) is 0 Å². The van der Waals surface area contributed by atoms with Crippen molar-refractivity contribution in [2.75, 3.05) is 17.2 Å². The summed E-state index contributed by atoms with van der Waals surface area (Å²) in [5.74, 6) is 0.918. The van der Waals surface area contributed by atoms with Crippen LogP contribution in [0.15, 0.2) is 18.3 Å². The molecule has 1 fully saturated rings. The molecule has 86 valence electrons. The molecule has 1 amide bonds. The second kappa shape index (κ2) is 4.00. The molecule has 0 spiro atoms. The molecule has 1 aromatic rings. The van der Waals surface area contributed by atoms with Gasteiger partial charge in [0.1, 0.15) is 12.4 Å². The Morgan fingerprint density at radius 2 is 2.31 bits per heavy atom. The van der Waals surface area contributed by atoms with Crippen molar-refractivity contribution >= 4 is 17.6 Å². The molecule has 5 nitrogen and oxygen atoms in total. The largest absolute Gasteiger partial charge is 0.447 e. The number of cyclic esters (lactones) is 1. The number of carbonyl (C=O) groups is 1. The summed E-state index contributed by atoms with van der Waals surface area (Å²) >= 11 is 0. The van der Waals surface area contributed by atoms with Crippen molar-refractivity contribution in [3.63, 3.8) is 0 Å². The summed E-state index contributed by atoms with van der Waals surface area (Å²) < 4.78 is 5.04. The zero-order valence-corrected chi connectivity index (χ0v) is 9.38. The van der Waals surface area contributed by atoms with Gasteiger partial charge in [0.15, 0.2) is 0 Å². The highest BCUT2D eigenvalue weighted by molar-refractivity contribution is 5.89. The standard InChI is InChI=1S/C11H15N3O2/c1-7(2)9-6-16-11(15)14(9)10-4-3-8(12)5-13-10/h3-5,7,9H,6,12H2,1-2H3/t9-/m1/s1. The summed E-state index contributed by atoms with van der Waals surface area (Å²) in [7, 11) is 0. The van der Waals surface area contributed by atoms with Crippen LogP contribution in [0.25, 0.3) is 0 Å². The summed E-state index contributed by atoms with van der Waals surface area (Å²) in [6, 6.07) is 3.51. The maximum absolute atomic E-state index is 11.6. The maximum Gasteiger partial charge on any atom is 0.415 e. The number of pyridine rings is 1. The smallest absolute Gasteiger partial charge is 0.415 e. The molecule has 5 heteroatoms. The fraction of sp³-hybridized carbons (Fsp3) is 0.455. The zero-order valence-electron chi connectivity index (χ0n) is 9.38. The van der Waals surface area contributed by atoms with E-state index in [-0.39, 0.29) is 12.1 Å². The molecular formula is C11H15N3O2. The van der Waals surface area contributed by atoms with Crippen LogP contribution in [0.4, 0.5) is 16.3 Å². The van der Waals surface area contributed by atoms with Gasteiger partial charge < -0.3 is 10.5 Å². The number of amides is 1. The Balaban J connectivity index is 2.30. The Bertz CT molecular complexity index is 389. The molecule has 16 heavy (non-hydrogen) atoms. The van der Waals surface area contributed by atoms with E-state index in [1.165, 1.54) is 0 Å². The van der Waals surface area contributed by atoms with Crippen molar-refractivity contribution in [1.82, 2.24) is 4.98 Å². The molecule has 1 aliphatic heterocycles. The average molecular weight is 221 g/mol. The molecule has 1 atom stereocenters. The fourth-order valence-corrected chi connectivity index (χ4v) is 1.73. The molecule has 0 radical (unpaired) electrons. The molecule has 0 bridgehead atoms. The van der Waals surface area contributed by atoms with E-state index in [9.17, 15) is 4.79 Å². The quantitative estimate of drug-likeness (QED) is 0.824. The molecule has 2 rings (SSSR count). The molecule has 2 heterocycles. The third-order valence-electron chi connectivity index (χ3n) is 2.69. The second-order valence-electron chi connectivity index (χ2n) is 4.21. The fourth-order valence-electron chi connectivity index (χ4n) is 1.73. The Labute approximate surface area is 94.2 Å². The minimum atomic E-state index is -0.337. The van der Waals surface area contributed by atoms with E-state index in [1.54, 1.807) is 23.2 Å². The van der Waals surface area contributed by atoms with Gasteiger partial charge in [-0.3, -0.25) is 4.90 Å². The number of hydrogen-bond donors (Lipinski definition) is 1. The molecule has 1 saturated heterocycles. The molecular weight excluding hydrogens is 206 g/mol. The molecule has 2 N–H and O–H groups in total. The van der Waals surface area contributed by atoms with Crippen molar-refractivity contribution in [2.24, 2.45) is 5.92 Å². The number of ether oxygens (including phenoxy) is 1. The van der Waals surface area contributed by atoms with Gasteiger partial charge in [-0.1, -0.05) is 13.8 Å². The summed E-state index contributed by atoms with van der Waals surface area (Å²) in [4.78, 5) is 17.3. The van der Waals surface area contributed by atoms with Crippen LogP contribution >= 0.6 is 0 Å². The van der Waals surface area contributed by atoms with Crippen molar-refractivity contribution in [1.29, 1.82) is 0 Å². The van der Waals surface area contributed by atoms with Crippen molar-refractivity contribution in [2.45, 2.75) is 19.9 Å². The number of rotatable bonds is 2. The van der Waals surface area contributed by atoms with E-state index < -0.39 is 0 Å². The number of hydrogen-bond acceptors (Lipinski definition) is 4. The van der Waals surface area contributed by atoms with E-state index in [0.29, 0.717) is 24.0 Å². The SMILES string of the molecule is CC(C)[C@H]1COC(=O)N1c1ccc(N)cn1. The lowest BCUT2D eigenvalue weighted by Crippen LogP contribution is -2.37. The number of anilines is 2. The predicted molar refractivity (Wildman–Crippen MR) is 61.1 cm³/mol. The van der Waals surface area contributed by atoms with Gasteiger partial charge in [0.2, 0.25) is 0 Å². The highest BCUT2D eigenvalue weighted by Crippen LogP contribution is 2.25. The number of nitrogens with zero attached hydrogens (tertiary/aromatic N) is 2. The van der Waals surface area contributed by atoms with Crippen LogP contribution in [-0.4, -0.2) is 23.7 Å². The minimum Gasteiger partial charge on any atom is -0.447 e. The number of carbonyl (C=O) groups excluding carboxylic acids is 1. The number of nitrogen functional groups attached to an aromatic ring is 1. The van der Waals surface area contributed by atoms with E-state index in [0.717, 1.165) is 0 Å². The first-order chi connectivity index (χ1) is 7.59. The van der Waals surface area contributed by atoms with Gasteiger partial charge in [0, 0.05) is 0 Å². The first-order valence-electron chi connectivity index (χ1n) is 5.27. The Hall–Kier alpha value is -1.78. The van der Waals surface area contributed by atoms with E-state index in [1.807, 2.05) is 0 Å².